The van der Waals surface area contributed by atoms with Crippen LogP contribution in [0.1, 0.15) is 71.1 Å². The molecular weight excluding hydrogens is 260 g/mol. The van der Waals surface area contributed by atoms with Crippen LogP contribution in [0.2, 0.25) is 0 Å². The minimum atomic E-state index is 0.123. The van der Waals surface area contributed by atoms with Gasteiger partial charge in [0.15, 0.2) is 0 Å². The van der Waals surface area contributed by atoms with E-state index in [2.05, 4.69) is 6.92 Å². The van der Waals surface area contributed by atoms with E-state index >= 15 is 0 Å². The quantitative estimate of drug-likeness (QED) is 0.712. The van der Waals surface area contributed by atoms with E-state index in [0.29, 0.717) is 11.3 Å². The Bertz CT molecular complexity index is 379. The lowest BCUT2D eigenvalue weighted by atomic mass is 9.50. The summed E-state index contributed by atoms with van der Waals surface area (Å²) in [5, 5.41) is 0. The first-order valence-corrected chi connectivity index (χ1v) is 9.30. The fourth-order valence-corrected chi connectivity index (χ4v) is 6.46. The molecule has 0 radical (unpaired) electrons. The van der Waals surface area contributed by atoms with Gasteiger partial charge in [-0.05, 0) is 75.0 Å². The zero-order valence-electron chi connectivity index (χ0n) is 13.5. The van der Waals surface area contributed by atoms with Crippen LogP contribution in [0.3, 0.4) is 0 Å². The van der Waals surface area contributed by atoms with Crippen molar-refractivity contribution in [3.8, 4) is 0 Å². The van der Waals surface area contributed by atoms with Crippen molar-refractivity contribution in [2.45, 2.75) is 71.1 Å². The van der Waals surface area contributed by atoms with Crippen molar-refractivity contribution in [1.82, 2.24) is 0 Å². The molecule has 4 bridgehead atoms. The summed E-state index contributed by atoms with van der Waals surface area (Å²) in [5.74, 6) is 3.68. The van der Waals surface area contributed by atoms with Crippen LogP contribution in [0.5, 0.6) is 0 Å². The maximum absolute atomic E-state index is 12.5. The molecule has 0 amide bonds. The third kappa shape index (κ3) is 2.64. The van der Waals surface area contributed by atoms with Crippen molar-refractivity contribution in [2.75, 3.05) is 6.61 Å². The SMILES string of the molecule is C[C@@H]1CCCCC1C(=O)OCC12CC3CC(CC(C3)C1)C2. The molecule has 0 aromatic heterocycles. The molecule has 5 rings (SSSR count). The summed E-state index contributed by atoms with van der Waals surface area (Å²) in [6, 6.07) is 0. The van der Waals surface area contributed by atoms with Crippen LogP contribution in [-0.2, 0) is 9.53 Å². The molecule has 2 heteroatoms. The second-order valence-corrected chi connectivity index (χ2v) is 8.89. The van der Waals surface area contributed by atoms with Crippen molar-refractivity contribution >= 4 is 5.97 Å². The van der Waals surface area contributed by atoms with E-state index in [-0.39, 0.29) is 11.9 Å². The van der Waals surface area contributed by atoms with E-state index in [1.807, 2.05) is 0 Å². The molecular formula is C19H30O2. The van der Waals surface area contributed by atoms with Crippen LogP contribution < -0.4 is 0 Å². The van der Waals surface area contributed by atoms with E-state index in [0.717, 1.165) is 30.8 Å². The number of rotatable bonds is 3. The van der Waals surface area contributed by atoms with Crippen LogP contribution in [0.25, 0.3) is 0 Å². The van der Waals surface area contributed by atoms with E-state index in [1.165, 1.54) is 57.8 Å². The van der Waals surface area contributed by atoms with Crippen molar-refractivity contribution in [1.29, 1.82) is 0 Å². The summed E-state index contributed by atoms with van der Waals surface area (Å²) in [6.07, 6.45) is 13.2. The third-order valence-electron chi connectivity index (χ3n) is 7.10. The fraction of sp³-hybridized carbons (Fsp3) is 0.947. The van der Waals surface area contributed by atoms with Crippen molar-refractivity contribution < 1.29 is 9.53 Å². The summed E-state index contributed by atoms with van der Waals surface area (Å²) in [5.41, 5.74) is 0.377. The smallest absolute Gasteiger partial charge is 0.309 e. The Labute approximate surface area is 129 Å². The molecule has 21 heavy (non-hydrogen) atoms. The normalized spacial score (nSPS) is 48.3. The summed E-state index contributed by atoms with van der Waals surface area (Å²) < 4.78 is 5.90. The Balaban J connectivity index is 1.37. The van der Waals surface area contributed by atoms with E-state index in [4.69, 9.17) is 4.74 Å². The molecule has 118 valence electrons. The average Bonchev–Trinajstić information content (AvgIpc) is 2.44. The van der Waals surface area contributed by atoms with Crippen LogP contribution in [0, 0.1) is 35.0 Å². The van der Waals surface area contributed by atoms with Gasteiger partial charge in [-0.15, -0.1) is 0 Å². The highest BCUT2D eigenvalue weighted by Crippen LogP contribution is 2.60. The van der Waals surface area contributed by atoms with Gasteiger partial charge in [0, 0.05) is 5.41 Å². The zero-order chi connectivity index (χ0) is 14.4. The van der Waals surface area contributed by atoms with Crippen molar-refractivity contribution in [3.05, 3.63) is 0 Å². The van der Waals surface area contributed by atoms with Gasteiger partial charge in [0.25, 0.3) is 0 Å². The maximum atomic E-state index is 12.5. The number of carbonyl (C=O) groups is 1. The van der Waals surface area contributed by atoms with Crippen molar-refractivity contribution in [2.24, 2.45) is 35.0 Å². The molecule has 0 saturated heterocycles. The topological polar surface area (TPSA) is 26.3 Å². The summed E-state index contributed by atoms with van der Waals surface area (Å²) in [7, 11) is 0. The Kier molecular flexibility index (Phi) is 3.54. The van der Waals surface area contributed by atoms with E-state index in [1.54, 1.807) is 0 Å². The predicted molar refractivity (Wildman–Crippen MR) is 82.7 cm³/mol. The summed E-state index contributed by atoms with van der Waals surface area (Å²) in [4.78, 5) is 12.5. The van der Waals surface area contributed by atoms with Gasteiger partial charge in [-0.2, -0.15) is 0 Å². The first kappa shape index (κ1) is 14.1. The van der Waals surface area contributed by atoms with Gasteiger partial charge in [0.2, 0.25) is 0 Å². The van der Waals surface area contributed by atoms with Crippen molar-refractivity contribution in [3.63, 3.8) is 0 Å². The zero-order valence-corrected chi connectivity index (χ0v) is 13.5. The van der Waals surface area contributed by atoms with Gasteiger partial charge < -0.3 is 4.74 Å². The van der Waals surface area contributed by atoms with Gasteiger partial charge >= 0.3 is 5.97 Å². The van der Waals surface area contributed by atoms with Crippen LogP contribution in [0.4, 0.5) is 0 Å². The molecule has 5 fully saturated rings. The third-order valence-corrected chi connectivity index (χ3v) is 7.10. The van der Waals surface area contributed by atoms with E-state index < -0.39 is 0 Å². The average molecular weight is 290 g/mol. The highest BCUT2D eigenvalue weighted by atomic mass is 16.5. The lowest BCUT2D eigenvalue weighted by Crippen LogP contribution is -2.48. The molecule has 0 aromatic rings. The highest BCUT2D eigenvalue weighted by Gasteiger charge is 2.51. The standard InChI is InChI=1S/C19H30O2/c1-13-4-2-3-5-17(13)18(20)21-12-19-9-14-6-15(10-19)8-16(7-14)11-19/h13-17H,2-12H2,1H3/t13-,14?,15?,16?,17?,19?/m1/s1. The fourth-order valence-electron chi connectivity index (χ4n) is 6.46. The van der Waals surface area contributed by atoms with Gasteiger partial charge in [0.1, 0.15) is 0 Å². The van der Waals surface area contributed by atoms with E-state index in [9.17, 15) is 4.79 Å². The first-order chi connectivity index (χ1) is 10.1. The second kappa shape index (κ2) is 5.28. The van der Waals surface area contributed by atoms with Gasteiger partial charge in [0.05, 0.1) is 12.5 Å². The van der Waals surface area contributed by atoms with Crippen LogP contribution in [-0.4, -0.2) is 12.6 Å². The lowest BCUT2D eigenvalue weighted by Gasteiger charge is -2.56. The Morgan fingerprint density at radius 1 is 1.00 bits per heavy atom. The van der Waals surface area contributed by atoms with Gasteiger partial charge in [-0.1, -0.05) is 19.8 Å². The van der Waals surface area contributed by atoms with Gasteiger partial charge in [-0.25, -0.2) is 0 Å². The molecule has 0 N–H and O–H groups in total. The Morgan fingerprint density at radius 2 is 1.57 bits per heavy atom. The van der Waals surface area contributed by atoms with Crippen LogP contribution >= 0.6 is 0 Å². The molecule has 5 aliphatic rings. The van der Waals surface area contributed by atoms with Gasteiger partial charge in [-0.3, -0.25) is 4.79 Å². The number of esters is 1. The first-order valence-electron chi connectivity index (χ1n) is 9.30. The molecule has 0 spiro atoms. The maximum Gasteiger partial charge on any atom is 0.309 e. The Hall–Kier alpha value is -0.530. The second-order valence-electron chi connectivity index (χ2n) is 8.89. The summed E-state index contributed by atoms with van der Waals surface area (Å²) >= 11 is 0. The Morgan fingerprint density at radius 3 is 2.14 bits per heavy atom. The minimum absolute atomic E-state index is 0.123. The molecule has 0 aromatic carbocycles. The highest BCUT2D eigenvalue weighted by molar-refractivity contribution is 5.72. The molecule has 5 aliphatic carbocycles. The molecule has 5 saturated carbocycles. The summed E-state index contributed by atoms with van der Waals surface area (Å²) in [6.45, 7) is 2.97. The largest absolute Gasteiger partial charge is 0.465 e. The number of hydrogen-bond acceptors (Lipinski definition) is 2. The monoisotopic (exact) mass is 290 g/mol. The molecule has 1 unspecified atom stereocenters. The van der Waals surface area contributed by atoms with Crippen LogP contribution in [0.15, 0.2) is 0 Å². The minimum Gasteiger partial charge on any atom is -0.465 e. The molecule has 2 nitrogen and oxygen atoms in total. The molecule has 2 atom stereocenters. The number of ether oxygens (including phenoxy) is 1. The number of carbonyl (C=O) groups excluding carboxylic acids is 1. The lowest BCUT2D eigenvalue weighted by molar-refractivity contribution is -0.162. The predicted octanol–water partition coefficient (Wildman–Crippen LogP) is 4.57. The molecule has 0 heterocycles. The molecule has 0 aliphatic heterocycles. The number of hydrogen-bond donors (Lipinski definition) is 0.